The zero-order valence-electron chi connectivity index (χ0n) is 19.9. The van der Waals surface area contributed by atoms with E-state index in [0.29, 0.717) is 36.6 Å². The predicted molar refractivity (Wildman–Crippen MR) is 130 cm³/mol. The molecule has 2 aliphatic heterocycles. The van der Waals surface area contributed by atoms with Crippen molar-refractivity contribution in [3.05, 3.63) is 72.1 Å². The molecule has 1 spiro atoms. The molecule has 0 bridgehead atoms. The highest BCUT2D eigenvalue weighted by atomic mass is 16.5. The second-order valence-electron chi connectivity index (χ2n) is 9.69. The predicted octanol–water partition coefficient (Wildman–Crippen LogP) is 4.30. The molecule has 1 saturated heterocycles. The smallest absolute Gasteiger partial charge is 0.253 e. The minimum Gasteiger partial charge on any atom is -0.493 e. The van der Waals surface area contributed by atoms with Gasteiger partial charge in [-0.05, 0) is 55.3 Å². The fourth-order valence-corrected chi connectivity index (χ4v) is 5.68. The number of benzene rings is 2. The van der Waals surface area contributed by atoms with Crippen molar-refractivity contribution in [2.24, 2.45) is 0 Å². The van der Waals surface area contributed by atoms with Crippen LogP contribution in [0.2, 0.25) is 0 Å². The van der Waals surface area contributed by atoms with Gasteiger partial charge in [0.05, 0.1) is 24.6 Å². The Bertz CT molecular complexity index is 1240. The standard InChI is InChI=1S/C28H30N2O5/c1-33-25-17-19(8-11-24(25)34-21-10-9-20(31)18-21)27(32)29-15-12-28(13-16-29)26-7-4-14-30(26)22-5-2-3-6-23(22)35-28/h2-8,11,14,17,20-21,31H,9-10,12-13,15-16,18H2,1H3. The van der Waals surface area contributed by atoms with Crippen LogP contribution in [0.3, 0.4) is 0 Å². The third-order valence-electron chi connectivity index (χ3n) is 7.57. The Morgan fingerprint density at radius 1 is 1.06 bits per heavy atom. The molecule has 7 heteroatoms. The molecule has 2 atom stereocenters. The van der Waals surface area contributed by atoms with Crippen LogP contribution in [-0.4, -0.2) is 52.9 Å². The summed E-state index contributed by atoms with van der Waals surface area (Å²) in [4.78, 5) is 15.3. The molecule has 1 aromatic heterocycles. The number of likely N-dealkylation sites (tertiary alicyclic amines) is 1. The molecule has 3 aliphatic rings. The summed E-state index contributed by atoms with van der Waals surface area (Å²) in [5.74, 6) is 2.00. The van der Waals surface area contributed by atoms with Gasteiger partial charge < -0.3 is 28.8 Å². The Balaban J connectivity index is 1.17. The highest BCUT2D eigenvalue weighted by molar-refractivity contribution is 5.95. The number of methoxy groups -OCH3 is 1. The summed E-state index contributed by atoms with van der Waals surface area (Å²) in [5, 5.41) is 9.78. The highest BCUT2D eigenvalue weighted by Crippen LogP contribution is 2.45. The van der Waals surface area contributed by atoms with Crippen molar-refractivity contribution in [3.63, 3.8) is 0 Å². The summed E-state index contributed by atoms with van der Waals surface area (Å²) >= 11 is 0. The second-order valence-corrected chi connectivity index (χ2v) is 9.69. The summed E-state index contributed by atoms with van der Waals surface area (Å²) in [6, 6.07) is 17.6. The minimum absolute atomic E-state index is 0.0208. The van der Waals surface area contributed by atoms with Crippen LogP contribution < -0.4 is 14.2 Å². The number of ether oxygens (including phenoxy) is 3. The Morgan fingerprint density at radius 2 is 1.89 bits per heavy atom. The van der Waals surface area contributed by atoms with E-state index in [1.54, 1.807) is 25.3 Å². The lowest BCUT2D eigenvalue weighted by Crippen LogP contribution is -2.50. The lowest BCUT2D eigenvalue weighted by Gasteiger charge is -2.45. The van der Waals surface area contributed by atoms with Crippen LogP contribution in [-0.2, 0) is 5.60 Å². The van der Waals surface area contributed by atoms with Crippen LogP contribution in [0.15, 0.2) is 60.8 Å². The first kappa shape index (κ1) is 22.0. The number of aliphatic hydroxyl groups excluding tert-OH is 1. The first-order valence-corrected chi connectivity index (χ1v) is 12.3. The summed E-state index contributed by atoms with van der Waals surface area (Å²) in [6.07, 6.45) is 5.37. The number of nitrogens with zero attached hydrogens (tertiary/aromatic N) is 2. The fraction of sp³-hybridized carbons (Fsp3) is 0.393. The van der Waals surface area contributed by atoms with Gasteiger partial charge in [0.15, 0.2) is 17.1 Å². The van der Waals surface area contributed by atoms with E-state index in [-0.39, 0.29) is 18.1 Å². The van der Waals surface area contributed by atoms with E-state index >= 15 is 0 Å². The summed E-state index contributed by atoms with van der Waals surface area (Å²) in [7, 11) is 1.58. The average Bonchev–Trinajstić information content (AvgIpc) is 3.54. The molecule has 1 saturated carbocycles. The van der Waals surface area contributed by atoms with Crippen molar-refractivity contribution in [1.29, 1.82) is 0 Å². The molecule has 3 aromatic rings. The third-order valence-corrected chi connectivity index (χ3v) is 7.57. The van der Waals surface area contributed by atoms with E-state index < -0.39 is 5.60 Å². The Hall–Kier alpha value is -3.45. The SMILES string of the molecule is COc1cc(C(=O)N2CCC3(CC2)Oc2ccccc2-n2cccc23)ccc1OC1CCC(O)C1. The number of carbonyl (C=O) groups excluding carboxylic acids is 1. The number of carbonyl (C=O) groups is 1. The van der Waals surface area contributed by atoms with Gasteiger partial charge in [-0.1, -0.05) is 12.1 Å². The van der Waals surface area contributed by atoms with Gasteiger partial charge >= 0.3 is 0 Å². The number of aliphatic hydroxyl groups is 1. The number of piperidine rings is 1. The Labute approximate surface area is 204 Å². The quantitative estimate of drug-likeness (QED) is 0.610. The van der Waals surface area contributed by atoms with Gasteiger partial charge in [-0.2, -0.15) is 0 Å². The van der Waals surface area contributed by atoms with E-state index in [9.17, 15) is 9.90 Å². The lowest BCUT2D eigenvalue weighted by molar-refractivity contribution is -0.00931. The maximum atomic E-state index is 13.4. The van der Waals surface area contributed by atoms with Crippen molar-refractivity contribution in [2.45, 2.75) is 49.9 Å². The summed E-state index contributed by atoms with van der Waals surface area (Å²) in [6.45, 7) is 1.21. The van der Waals surface area contributed by atoms with Gasteiger partial charge in [0.1, 0.15) is 11.9 Å². The molecule has 2 unspecified atom stereocenters. The van der Waals surface area contributed by atoms with Gasteiger partial charge in [0, 0.05) is 44.1 Å². The number of para-hydroxylation sites is 2. The number of hydrogen-bond acceptors (Lipinski definition) is 5. The van der Waals surface area contributed by atoms with E-state index in [4.69, 9.17) is 14.2 Å². The van der Waals surface area contributed by atoms with E-state index in [1.165, 1.54) is 0 Å². The van der Waals surface area contributed by atoms with Gasteiger partial charge in [0.25, 0.3) is 5.91 Å². The zero-order valence-corrected chi connectivity index (χ0v) is 19.9. The largest absolute Gasteiger partial charge is 0.493 e. The van der Waals surface area contributed by atoms with Crippen LogP contribution in [0.1, 0.15) is 48.2 Å². The first-order chi connectivity index (χ1) is 17.1. The topological polar surface area (TPSA) is 73.2 Å². The maximum absolute atomic E-state index is 13.4. The molecular formula is C28H30N2O5. The lowest BCUT2D eigenvalue weighted by atomic mass is 9.86. The van der Waals surface area contributed by atoms with Crippen molar-refractivity contribution in [2.75, 3.05) is 20.2 Å². The van der Waals surface area contributed by atoms with Crippen LogP contribution in [0, 0.1) is 0 Å². The molecule has 3 heterocycles. The van der Waals surface area contributed by atoms with Gasteiger partial charge in [-0.15, -0.1) is 0 Å². The number of hydrogen-bond donors (Lipinski definition) is 1. The van der Waals surface area contributed by atoms with E-state index in [0.717, 1.165) is 42.8 Å². The second kappa shape index (κ2) is 8.64. The van der Waals surface area contributed by atoms with Crippen LogP contribution in [0.4, 0.5) is 0 Å². The maximum Gasteiger partial charge on any atom is 0.253 e. The molecule has 2 aromatic carbocycles. The van der Waals surface area contributed by atoms with Crippen molar-refractivity contribution >= 4 is 5.91 Å². The number of fused-ring (bicyclic) bond motifs is 4. The van der Waals surface area contributed by atoms with Crippen LogP contribution >= 0.6 is 0 Å². The molecule has 1 amide bonds. The van der Waals surface area contributed by atoms with Gasteiger partial charge in [-0.25, -0.2) is 0 Å². The number of amides is 1. The number of rotatable bonds is 4. The van der Waals surface area contributed by atoms with Crippen molar-refractivity contribution in [1.82, 2.24) is 9.47 Å². The molecule has 35 heavy (non-hydrogen) atoms. The fourth-order valence-electron chi connectivity index (χ4n) is 5.68. The first-order valence-electron chi connectivity index (χ1n) is 12.3. The third kappa shape index (κ3) is 3.84. The molecule has 1 N–H and O–H groups in total. The average molecular weight is 475 g/mol. The minimum atomic E-state index is -0.435. The van der Waals surface area contributed by atoms with E-state index in [1.807, 2.05) is 23.1 Å². The molecule has 2 fully saturated rings. The summed E-state index contributed by atoms with van der Waals surface area (Å²) < 4.78 is 20.4. The zero-order chi connectivity index (χ0) is 24.0. The summed E-state index contributed by atoms with van der Waals surface area (Å²) in [5.41, 5.74) is 2.34. The molecule has 0 radical (unpaired) electrons. The molecule has 6 rings (SSSR count). The molecule has 7 nitrogen and oxygen atoms in total. The molecular weight excluding hydrogens is 444 g/mol. The normalized spacial score (nSPS) is 22.3. The molecule has 1 aliphatic carbocycles. The van der Waals surface area contributed by atoms with Crippen molar-refractivity contribution < 1.29 is 24.1 Å². The van der Waals surface area contributed by atoms with Crippen LogP contribution in [0.25, 0.3) is 5.69 Å². The Morgan fingerprint density at radius 3 is 2.66 bits per heavy atom. The van der Waals surface area contributed by atoms with E-state index in [2.05, 4.69) is 29.0 Å². The monoisotopic (exact) mass is 474 g/mol. The van der Waals surface area contributed by atoms with Crippen LogP contribution in [0.5, 0.6) is 17.2 Å². The van der Waals surface area contributed by atoms with Crippen molar-refractivity contribution in [3.8, 4) is 22.9 Å². The number of aromatic nitrogens is 1. The molecule has 182 valence electrons. The van der Waals surface area contributed by atoms with Gasteiger partial charge in [-0.3, -0.25) is 4.79 Å². The van der Waals surface area contributed by atoms with Gasteiger partial charge in [0.2, 0.25) is 0 Å². The highest BCUT2D eigenvalue weighted by Gasteiger charge is 2.44. The Kier molecular flexibility index (Phi) is 5.44.